The van der Waals surface area contributed by atoms with Crippen LogP contribution in [-0.2, 0) is 11.3 Å². The maximum atomic E-state index is 13.2. The van der Waals surface area contributed by atoms with Gasteiger partial charge in [-0.1, -0.05) is 72.3 Å². The molecule has 4 aromatic rings. The van der Waals surface area contributed by atoms with Crippen molar-refractivity contribution in [1.29, 1.82) is 5.41 Å². The lowest BCUT2D eigenvalue weighted by atomic mass is 9.91. The van der Waals surface area contributed by atoms with Crippen LogP contribution in [0.4, 0.5) is 0 Å². The zero-order valence-corrected chi connectivity index (χ0v) is 19.8. The summed E-state index contributed by atoms with van der Waals surface area (Å²) >= 11 is 6.61. The Morgan fingerprint density at radius 2 is 1.62 bits per heavy atom. The lowest BCUT2D eigenvalue weighted by Gasteiger charge is -2.20. The summed E-state index contributed by atoms with van der Waals surface area (Å²) in [6.45, 7) is 2.41. The smallest absolute Gasteiger partial charge is 0.340 e. The van der Waals surface area contributed by atoms with Crippen LogP contribution in [0.2, 0.25) is 5.02 Å². The molecule has 0 atom stereocenters. The van der Waals surface area contributed by atoms with Gasteiger partial charge in [-0.2, -0.15) is 0 Å². The van der Waals surface area contributed by atoms with Crippen molar-refractivity contribution in [1.82, 2.24) is 4.57 Å². The van der Waals surface area contributed by atoms with Crippen molar-refractivity contribution >= 4 is 17.6 Å². The Morgan fingerprint density at radius 1 is 0.941 bits per heavy atom. The molecule has 0 fully saturated rings. The predicted molar refractivity (Wildman–Crippen MR) is 134 cm³/mol. The monoisotopic (exact) mass is 472 g/mol. The summed E-state index contributed by atoms with van der Waals surface area (Å²) in [6.07, 6.45) is 1.70. The first-order valence-electron chi connectivity index (χ1n) is 11.0. The van der Waals surface area contributed by atoms with Crippen LogP contribution in [0.3, 0.4) is 0 Å². The summed E-state index contributed by atoms with van der Waals surface area (Å²) in [6, 6.07) is 24.6. The van der Waals surface area contributed by atoms with Crippen molar-refractivity contribution in [2.24, 2.45) is 0 Å². The summed E-state index contributed by atoms with van der Waals surface area (Å²) in [5.74, 6) is 0.307. The average molecular weight is 473 g/mol. The third-order valence-electron chi connectivity index (χ3n) is 5.54. The number of carbonyl (C=O) groups excluding carboxylic acids is 1. The van der Waals surface area contributed by atoms with E-state index in [0.29, 0.717) is 33.8 Å². The molecule has 1 N–H and O–H groups in total. The largest absolute Gasteiger partial charge is 0.497 e. The van der Waals surface area contributed by atoms with Crippen LogP contribution < -0.4 is 10.2 Å². The van der Waals surface area contributed by atoms with Crippen molar-refractivity contribution in [3.63, 3.8) is 0 Å². The Hall–Kier alpha value is -3.83. The topological polar surface area (TPSA) is 64.3 Å². The van der Waals surface area contributed by atoms with Crippen LogP contribution in [-0.4, -0.2) is 24.3 Å². The van der Waals surface area contributed by atoms with E-state index in [-0.39, 0.29) is 12.1 Å². The fourth-order valence-corrected chi connectivity index (χ4v) is 4.16. The van der Waals surface area contributed by atoms with Gasteiger partial charge < -0.3 is 14.0 Å². The molecule has 0 bridgehead atoms. The van der Waals surface area contributed by atoms with Gasteiger partial charge in [0.05, 0.1) is 19.3 Å². The first kappa shape index (κ1) is 23.3. The minimum absolute atomic E-state index is 0.246. The normalized spacial score (nSPS) is 10.7. The van der Waals surface area contributed by atoms with Gasteiger partial charge in [0.15, 0.2) is 0 Å². The lowest BCUT2D eigenvalue weighted by Crippen LogP contribution is -2.26. The molecule has 4 rings (SSSR count). The maximum Gasteiger partial charge on any atom is 0.340 e. The minimum Gasteiger partial charge on any atom is -0.497 e. The number of nitrogens with zero attached hydrogens (tertiary/aromatic N) is 1. The highest BCUT2D eigenvalue weighted by atomic mass is 35.5. The van der Waals surface area contributed by atoms with Gasteiger partial charge in [-0.05, 0) is 36.2 Å². The van der Waals surface area contributed by atoms with E-state index in [0.717, 1.165) is 16.9 Å². The zero-order chi connectivity index (χ0) is 24.1. The third-order valence-corrected chi connectivity index (χ3v) is 5.87. The van der Waals surface area contributed by atoms with Crippen LogP contribution in [0.15, 0.2) is 85.1 Å². The Bertz CT molecular complexity index is 1360. The van der Waals surface area contributed by atoms with Crippen molar-refractivity contribution in [2.75, 3.05) is 13.7 Å². The van der Waals surface area contributed by atoms with Crippen molar-refractivity contribution < 1.29 is 14.3 Å². The van der Waals surface area contributed by atoms with Gasteiger partial charge in [0.25, 0.3) is 0 Å². The molecule has 0 amide bonds. The lowest BCUT2D eigenvalue weighted by molar-refractivity contribution is 0.0526. The highest BCUT2D eigenvalue weighted by Gasteiger charge is 2.23. The number of esters is 1. The van der Waals surface area contributed by atoms with E-state index in [2.05, 4.69) is 0 Å². The van der Waals surface area contributed by atoms with E-state index < -0.39 is 5.97 Å². The minimum atomic E-state index is -0.446. The van der Waals surface area contributed by atoms with E-state index in [1.807, 2.05) is 72.8 Å². The third kappa shape index (κ3) is 4.75. The number of benzene rings is 3. The molecule has 0 unspecified atom stereocenters. The molecule has 6 heteroatoms. The molecule has 0 aliphatic heterocycles. The van der Waals surface area contributed by atoms with Gasteiger partial charge in [0.1, 0.15) is 11.2 Å². The van der Waals surface area contributed by atoms with Crippen LogP contribution in [0.1, 0.15) is 22.8 Å². The second kappa shape index (κ2) is 10.4. The number of hydrogen-bond donors (Lipinski definition) is 1. The first-order chi connectivity index (χ1) is 16.5. The van der Waals surface area contributed by atoms with Crippen molar-refractivity contribution in [3.8, 4) is 28.0 Å². The number of pyridine rings is 1. The Kier molecular flexibility index (Phi) is 7.14. The highest BCUT2D eigenvalue weighted by Crippen LogP contribution is 2.36. The number of carbonyl (C=O) groups is 1. The molecule has 0 saturated heterocycles. The Labute approximate surface area is 203 Å². The van der Waals surface area contributed by atoms with Gasteiger partial charge in [-0.15, -0.1) is 0 Å². The van der Waals surface area contributed by atoms with Crippen molar-refractivity contribution in [3.05, 3.63) is 107 Å². The van der Waals surface area contributed by atoms with Gasteiger partial charge in [0.2, 0.25) is 0 Å². The summed E-state index contributed by atoms with van der Waals surface area (Å²) in [4.78, 5) is 13.2. The number of nitrogens with one attached hydrogen (secondary N) is 1. The van der Waals surface area contributed by atoms with Crippen LogP contribution in [0.25, 0.3) is 22.3 Å². The number of aromatic nitrogens is 1. The van der Waals surface area contributed by atoms with Gasteiger partial charge in [-0.25, -0.2) is 4.79 Å². The molecule has 0 aliphatic rings. The zero-order valence-electron chi connectivity index (χ0n) is 19.0. The van der Waals surface area contributed by atoms with E-state index in [1.165, 1.54) is 0 Å². The number of hydrogen-bond acceptors (Lipinski definition) is 4. The number of ether oxygens (including phenoxy) is 2. The Morgan fingerprint density at radius 3 is 2.26 bits per heavy atom. The Balaban J connectivity index is 2.01. The molecule has 0 aliphatic carbocycles. The van der Waals surface area contributed by atoms with Gasteiger partial charge in [-0.3, -0.25) is 5.41 Å². The quantitative estimate of drug-likeness (QED) is 0.326. The SMILES string of the molecule is CCOC(=O)c1cn(Cc2ccc(OC)cc2)c(=N)c(-c2ccccc2Cl)c1-c1ccccc1. The second-order valence-electron chi connectivity index (χ2n) is 7.68. The first-order valence-corrected chi connectivity index (χ1v) is 11.3. The summed E-state index contributed by atoms with van der Waals surface area (Å²) in [5, 5.41) is 9.67. The van der Waals surface area contributed by atoms with E-state index >= 15 is 0 Å². The molecule has 172 valence electrons. The molecule has 1 aromatic heterocycles. The average Bonchev–Trinajstić information content (AvgIpc) is 2.86. The number of methoxy groups -OCH3 is 1. The fraction of sp³-hybridized carbons (Fsp3) is 0.143. The van der Waals surface area contributed by atoms with E-state index in [9.17, 15) is 4.79 Å². The fourth-order valence-electron chi connectivity index (χ4n) is 3.93. The molecular weight excluding hydrogens is 448 g/mol. The van der Waals surface area contributed by atoms with Crippen LogP contribution in [0, 0.1) is 5.41 Å². The number of halogens is 1. The highest BCUT2D eigenvalue weighted by molar-refractivity contribution is 6.33. The van der Waals surface area contributed by atoms with E-state index in [1.54, 1.807) is 30.9 Å². The summed E-state index contributed by atoms with van der Waals surface area (Å²) in [5.41, 5.74) is 4.29. The van der Waals surface area contributed by atoms with Gasteiger partial charge in [0, 0.05) is 34.5 Å². The molecular formula is C28H25ClN2O3. The molecule has 3 aromatic carbocycles. The van der Waals surface area contributed by atoms with Crippen LogP contribution >= 0.6 is 11.6 Å². The standard InChI is InChI=1S/C28H25ClN2O3/c1-3-34-28(32)23-18-31(17-19-13-15-21(33-2)16-14-19)27(30)26(22-11-7-8-12-24(22)29)25(23)20-9-5-4-6-10-20/h4-16,18,30H,3,17H2,1-2H3. The molecule has 0 radical (unpaired) electrons. The maximum absolute atomic E-state index is 13.2. The molecule has 1 heterocycles. The molecule has 5 nitrogen and oxygen atoms in total. The molecule has 0 spiro atoms. The van der Waals surface area contributed by atoms with Gasteiger partial charge >= 0.3 is 5.97 Å². The van der Waals surface area contributed by atoms with Crippen LogP contribution in [0.5, 0.6) is 5.75 Å². The summed E-state index contributed by atoms with van der Waals surface area (Å²) < 4.78 is 12.4. The summed E-state index contributed by atoms with van der Waals surface area (Å²) in [7, 11) is 1.62. The van der Waals surface area contributed by atoms with E-state index in [4.69, 9.17) is 26.5 Å². The predicted octanol–water partition coefficient (Wildman–Crippen LogP) is 6.19. The molecule has 34 heavy (non-hydrogen) atoms. The second-order valence-corrected chi connectivity index (χ2v) is 8.09. The van der Waals surface area contributed by atoms with Crippen molar-refractivity contribution in [2.45, 2.75) is 13.5 Å². The number of rotatable bonds is 7. The molecule has 0 saturated carbocycles.